The first-order valence-electron chi connectivity index (χ1n) is 6.51. The standard InChI is InChI=1S/C14H17BrN2O/c15-12-2-1-9-5-11(6-10(9)7-12)14(18)17-13-3-4-16-8-13/h1-2,7,11,13,16H,3-6,8H2,(H,17,18). The van der Waals surface area contributed by atoms with Crippen molar-refractivity contribution in [3.63, 3.8) is 0 Å². The fraction of sp³-hybridized carbons (Fsp3) is 0.500. The van der Waals surface area contributed by atoms with E-state index in [1.165, 1.54) is 11.1 Å². The summed E-state index contributed by atoms with van der Waals surface area (Å²) in [7, 11) is 0. The third-order valence-corrected chi connectivity index (χ3v) is 4.37. The first-order chi connectivity index (χ1) is 8.72. The molecule has 0 radical (unpaired) electrons. The highest BCUT2D eigenvalue weighted by Gasteiger charge is 2.29. The Balaban J connectivity index is 1.64. The molecule has 1 aromatic rings. The molecule has 4 heteroatoms. The number of benzene rings is 1. The fourth-order valence-corrected chi connectivity index (χ4v) is 3.28. The molecule has 2 aliphatic rings. The zero-order valence-electron chi connectivity index (χ0n) is 10.2. The monoisotopic (exact) mass is 308 g/mol. The van der Waals surface area contributed by atoms with Crippen LogP contribution in [0, 0.1) is 5.92 Å². The normalized spacial score (nSPS) is 26.1. The maximum atomic E-state index is 12.2. The third kappa shape index (κ3) is 2.45. The number of hydrogen-bond donors (Lipinski definition) is 2. The van der Waals surface area contributed by atoms with E-state index in [4.69, 9.17) is 0 Å². The van der Waals surface area contributed by atoms with Crippen LogP contribution in [0.15, 0.2) is 22.7 Å². The average molecular weight is 309 g/mol. The summed E-state index contributed by atoms with van der Waals surface area (Å²) in [6.07, 6.45) is 2.81. The number of halogens is 1. The van der Waals surface area contributed by atoms with Crippen molar-refractivity contribution in [2.75, 3.05) is 13.1 Å². The first-order valence-corrected chi connectivity index (χ1v) is 7.30. The summed E-state index contributed by atoms with van der Waals surface area (Å²) in [5.74, 6) is 0.339. The number of rotatable bonds is 2. The number of hydrogen-bond acceptors (Lipinski definition) is 2. The van der Waals surface area contributed by atoms with E-state index in [-0.39, 0.29) is 11.8 Å². The van der Waals surface area contributed by atoms with E-state index in [0.29, 0.717) is 6.04 Å². The molecular weight excluding hydrogens is 292 g/mol. The van der Waals surface area contributed by atoms with Crippen LogP contribution < -0.4 is 10.6 Å². The van der Waals surface area contributed by atoms with Gasteiger partial charge in [0.2, 0.25) is 5.91 Å². The Labute approximate surface area is 115 Å². The predicted octanol–water partition coefficient (Wildman–Crippen LogP) is 1.64. The second-order valence-corrected chi connectivity index (χ2v) is 6.13. The summed E-state index contributed by atoms with van der Waals surface area (Å²) in [5.41, 5.74) is 2.64. The molecule has 3 nitrogen and oxygen atoms in total. The molecule has 0 saturated carbocycles. The van der Waals surface area contributed by atoms with Crippen LogP contribution in [-0.2, 0) is 17.6 Å². The molecule has 1 aromatic carbocycles. The van der Waals surface area contributed by atoms with Crippen molar-refractivity contribution in [3.8, 4) is 0 Å². The number of amides is 1. The van der Waals surface area contributed by atoms with E-state index in [1.54, 1.807) is 0 Å². The molecule has 2 unspecified atom stereocenters. The summed E-state index contributed by atoms with van der Waals surface area (Å²) in [6, 6.07) is 6.65. The van der Waals surface area contributed by atoms with Crippen molar-refractivity contribution < 1.29 is 4.79 Å². The maximum Gasteiger partial charge on any atom is 0.224 e. The van der Waals surface area contributed by atoms with Gasteiger partial charge in [0.05, 0.1) is 0 Å². The number of nitrogens with one attached hydrogen (secondary N) is 2. The third-order valence-electron chi connectivity index (χ3n) is 3.88. The topological polar surface area (TPSA) is 41.1 Å². The minimum Gasteiger partial charge on any atom is -0.352 e. The summed E-state index contributed by atoms with van der Waals surface area (Å²) in [4.78, 5) is 12.2. The Morgan fingerprint density at radius 2 is 2.17 bits per heavy atom. The molecule has 0 spiro atoms. The Hall–Kier alpha value is -0.870. The molecule has 96 valence electrons. The lowest BCUT2D eigenvalue weighted by atomic mass is 10.0. The van der Waals surface area contributed by atoms with Crippen molar-refractivity contribution in [2.24, 2.45) is 5.92 Å². The zero-order chi connectivity index (χ0) is 12.5. The fourth-order valence-electron chi connectivity index (χ4n) is 2.87. The second kappa shape index (κ2) is 5.02. The summed E-state index contributed by atoms with van der Waals surface area (Å²) in [5, 5.41) is 6.43. The molecule has 1 saturated heterocycles. The van der Waals surface area contributed by atoms with Crippen molar-refractivity contribution in [3.05, 3.63) is 33.8 Å². The van der Waals surface area contributed by atoms with E-state index in [2.05, 4.69) is 44.8 Å². The van der Waals surface area contributed by atoms with Crippen molar-refractivity contribution in [2.45, 2.75) is 25.3 Å². The van der Waals surface area contributed by atoms with Gasteiger partial charge in [-0.25, -0.2) is 0 Å². The lowest BCUT2D eigenvalue weighted by Crippen LogP contribution is -2.40. The molecule has 1 aliphatic heterocycles. The van der Waals surface area contributed by atoms with Crippen molar-refractivity contribution in [1.82, 2.24) is 10.6 Å². The number of carbonyl (C=O) groups excluding carboxylic acids is 1. The SMILES string of the molecule is O=C(NC1CCNC1)C1Cc2ccc(Br)cc2C1. The quantitative estimate of drug-likeness (QED) is 0.872. The highest BCUT2D eigenvalue weighted by atomic mass is 79.9. The number of carbonyl (C=O) groups is 1. The van der Waals surface area contributed by atoms with Crippen LogP contribution in [0.4, 0.5) is 0 Å². The van der Waals surface area contributed by atoms with Gasteiger partial charge in [-0.1, -0.05) is 22.0 Å². The van der Waals surface area contributed by atoms with Gasteiger partial charge in [-0.2, -0.15) is 0 Å². The van der Waals surface area contributed by atoms with E-state index >= 15 is 0 Å². The maximum absolute atomic E-state index is 12.2. The van der Waals surface area contributed by atoms with E-state index in [1.807, 2.05) is 0 Å². The van der Waals surface area contributed by atoms with Gasteiger partial charge in [0, 0.05) is 23.0 Å². The van der Waals surface area contributed by atoms with Crippen LogP contribution in [-0.4, -0.2) is 25.0 Å². The molecule has 0 bridgehead atoms. The number of fused-ring (bicyclic) bond motifs is 1. The molecule has 2 atom stereocenters. The molecule has 0 aromatic heterocycles. The largest absolute Gasteiger partial charge is 0.352 e. The lowest BCUT2D eigenvalue weighted by Gasteiger charge is -2.15. The Morgan fingerprint density at radius 3 is 2.94 bits per heavy atom. The van der Waals surface area contributed by atoms with Crippen LogP contribution in [0.3, 0.4) is 0 Å². The van der Waals surface area contributed by atoms with Crippen molar-refractivity contribution >= 4 is 21.8 Å². The Bertz CT molecular complexity index is 469. The van der Waals surface area contributed by atoms with E-state index in [9.17, 15) is 4.79 Å². The van der Waals surface area contributed by atoms with Crippen LogP contribution in [0.1, 0.15) is 17.5 Å². The van der Waals surface area contributed by atoms with Crippen molar-refractivity contribution in [1.29, 1.82) is 0 Å². The van der Waals surface area contributed by atoms with Crippen LogP contribution in [0.5, 0.6) is 0 Å². The first kappa shape index (κ1) is 12.2. The smallest absolute Gasteiger partial charge is 0.224 e. The minimum absolute atomic E-state index is 0.120. The summed E-state index contributed by atoms with van der Waals surface area (Å²) in [6.45, 7) is 1.93. The van der Waals surface area contributed by atoms with Crippen LogP contribution in [0.25, 0.3) is 0 Å². The van der Waals surface area contributed by atoms with Gasteiger partial charge >= 0.3 is 0 Å². The lowest BCUT2D eigenvalue weighted by molar-refractivity contribution is -0.125. The van der Waals surface area contributed by atoms with Crippen LogP contribution in [0.2, 0.25) is 0 Å². The average Bonchev–Trinajstić information content (AvgIpc) is 2.96. The van der Waals surface area contributed by atoms with Gasteiger partial charge in [-0.15, -0.1) is 0 Å². The van der Waals surface area contributed by atoms with Gasteiger partial charge in [0.15, 0.2) is 0 Å². The predicted molar refractivity (Wildman–Crippen MR) is 74.5 cm³/mol. The molecule has 3 rings (SSSR count). The summed E-state index contributed by atoms with van der Waals surface area (Å²) >= 11 is 3.48. The van der Waals surface area contributed by atoms with Gasteiger partial charge in [-0.05, 0) is 49.1 Å². The molecular formula is C14H17BrN2O. The van der Waals surface area contributed by atoms with E-state index in [0.717, 1.165) is 36.8 Å². The molecule has 1 heterocycles. The Morgan fingerprint density at radius 1 is 1.33 bits per heavy atom. The van der Waals surface area contributed by atoms with Gasteiger partial charge in [-0.3, -0.25) is 4.79 Å². The minimum atomic E-state index is 0.120. The van der Waals surface area contributed by atoms with Crippen LogP contribution >= 0.6 is 15.9 Å². The van der Waals surface area contributed by atoms with E-state index < -0.39 is 0 Å². The van der Waals surface area contributed by atoms with Gasteiger partial charge in [0.1, 0.15) is 0 Å². The Kier molecular flexibility index (Phi) is 3.39. The van der Waals surface area contributed by atoms with Gasteiger partial charge < -0.3 is 10.6 Å². The highest BCUT2D eigenvalue weighted by Crippen LogP contribution is 2.29. The molecule has 1 amide bonds. The van der Waals surface area contributed by atoms with Gasteiger partial charge in [0.25, 0.3) is 0 Å². The highest BCUT2D eigenvalue weighted by molar-refractivity contribution is 9.10. The second-order valence-electron chi connectivity index (χ2n) is 5.22. The molecule has 2 N–H and O–H groups in total. The molecule has 18 heavy (non-hydrogen) atoms. The molecule has 1 fully saturated rings. The molecule has 1 aliphatic carbocycles. The summed E-state index contributed by atoms with van der Waals surface area (Å²) < 4.78 is 1.10. The zero-order valence-corrected chi connectivity index (χ0v) is 11.8.